The average molecular weight is 737 g/mol. The summed E-state index contributed by atoms with van der Waals surface area (Å²) >= 11 is 0. The Labute approximate surface area is 283 Å². The summed E-state index contributed by atoms with van der Waals surface area (Å²) in [7, 11) is -2.75. The van der Waals surface area contributed by atoms with E-state index in [4.69, 9.17) is 33.2 Å². The van der Waals surface area contributed by atoms with Crippen LogP contribution in [-0.2, 0) is 28.8 Å². The third kappa shape index (κ3) is 7.49. The Morgan fingerprint density at radius 2 is 1.32 bits per heavy atom. The van der Waals surface area contributed by atoms with Crippen LogP contribution in [0.25, 0.3) is 6.08 Å². The maximum absolute atomic E-state index is 11.6. The summed E-state index contributed by atoms with van der Waals surface area (Å²) in [4.78, 5) is 0. The van der Waals surface area contributed by atoms with Crippen LogP contribution in [0.15, 0.2) is 30.0 Å². The van der Waals surface area contributed by atoms with E-state index in [-0.39, 0.29) is 45.6 Å². The Morgan fingerprint density at radius 3 is 1.88 bits per heavy atom. The van der Waals surface area contributed by atoms with Crippen LogP contribution in [0.4, 0.5) is 0 Å². The fraction of sp³-hybridized carbons (Fsp3) is 0.517. The first kappa shape index (κ1) is 37.5. The van der Waals surface area contributed by atoms with Crippen molar-refractivity contribution in [1.29, 1.82) is 0 Å². The topological polar surface area (TPSA) is 310 Å². The summed E-state index contributed by atoms with van der Waals surface area (Å²) in [5.74, 6) is -1.74. The molecule has 2 saturated heterocycles. The first-order chi connectivity index (χ1) is 23.6. The summed E-state index contributed by atoms with van der Waals surface area (Å²) < 4.78 is 76.4. The van der Waals surface area contributed by atoms with Gasteiger partial charge in [-0.2, -0.15) is 8.42 Å². The first-order valence-electron chi connectivity index (χ1n) is 14.7. The largest absolute Gasteiger partial charge is 0.508 e. The smallest absolute Gasteiger partial charge is 0.397 e. The fourth-order valence-electron chi connectivity index (χ4n) is 5.54. The molecular weight excluding hydrogens is 700 g/mol. The molecular formula is C29H36O20S. The van der Waals surface area contributed by atoms with Crippen molar-refractivity contribution in [3.8, 4) is 34.5 Å². The van der Waals surface area contributed by atoms with Crippen molar-refractivity contribution in [3.05, 3.63) is 41.2 Å². The van der Waals surface area contributed by atoms with Crippen LogP contribution in [0.3, 0.4) is 0 Å². The van der Waals surface area contributed by atoms with Gasteiger partial charge in [-0.15, -0.1) is 0 Å². The maximum atomic E-state index is 11.6. The van der Waals surface area contributed by atoms with Crippen molar-refractivity contribution in [1.82, 2.24) is 0 Å². The Hall–Kier alpha value is -3.71. The Morgan fingerprint density at radius 1 is 0.740 bits per heavy atom. The second-order valence-corrected chi connectivity index (χ2v) is 12.4. The number of rotatable bonds is 11. The number of ether oxygens (including phenoxy) is 7. The van der Waals surface area contributed by atoms with E-state index >= 15 is 0 Å². The molecule has 3 heterocycles. The van der Waals surface area contributed by atoms with E-state index in [0.717, 1.165) is 12.1 Å². The molecule has 0 aliphatic carbocycles. The van der Waals surface area contributed by atoms with Crippen molar-refractivity contribution < 1.29 is 96.3 Å². The zero-order chi connectivity index (χ0) is 36.7. The number of benzene rings is 2. The number of hydrogen-bond donors (Lipinski definition) is 10. The molecule has 20 nitrogen and oxygen atoms in total. The molecule has 3 aliphatic heterocycles. The lowest BCUT2D eigenvalue weighted by Crippen LogP contribution is -2.61. The quantitative estimate of drug-likeness (QED) is 0.106. The molecule has 0 bridgehead atoms. The van der Waals surface area contributed by atoms with Crippen LogP contribution in [0.2, 0.25) is 0 Å². The van der Waals surface area contributed by atoms with Crippen LogP contribution in [0, 0.1) is 0 Å². The van der Waals surface area contributed by atoms with Gasteiger partial charge in [-0.1, -0.05) is 0 Å². The van der Waals surface area contributed by atoms with Gasteiger partial charge in [0.05, 0.1) is 33.0 Å². The van der Waals surface area contributed by atoms with Gasteiger partial charge in [0.1, 0.15) is 65.7 Å². The Kier molecular flexibility index (Phi) is 11.2. The van der Waals surface area contributed by atoms with Gasteiger partial charge in [-0.25, -0.2) is 4.18 Å². The molecule has 0 aromatic heterocycles. The van der Waals surface area contributed by atoms with Crippen LogP contribution in [0.1, 0.15) is 17.2 Å². The lowest BCUT2D eigenvalue weighted by molar-refractivity contribution is -0.293. The van der Waals surface area contributed by atoms with Crippen LogP contribution in [-0.4, -0.2) is 148 Å². The molecule has 0 radical (unpaired) electrons. The minimum Gasteiger partial charge on any atom is -0.508 e. The van der Waals surface area contributed by atoms with E-state index < -0.39 is 96.9 Å². The second kappa shape index (κ2) is 14.9. The number of aliphatic hydroxyl groups is 7. The van der Waals surface area contributed by atoms with Gasteiger partial charge < -0.3 is 79.1 Å². The molecule has 11 atom stereocenters. The molecule has 21 heteroatoms. The highest BCUT2D eigenvalue weighted by Crippen LogP contribution is 2.48. The van der Waals surface area contributed by atoms with Gasteiger partial charge in [0.2, 0.25) is 18.3 Å². The van der Waals surface area contributed by atoms with Crippen molar-refractivity contribution in [2.45, 2.75) is 67.5 Å². The van der Waals surface area contributed by atoms with Crippen LogP contribution in [0.5, 0.6) is 34.5 Å². The Bertz CT molecular complexity index is 1640. The number of fused-ring (bicyclic) bond motifs is 1. The van der Waals surface area contributed by atoms with Crippen molar-refractivity contribution in [2.24, 2.45) is 0 Å². The molecule has 1 unspecified atom stereocenters. The lowest BCUT2D eigenvalue weighted by atomic mass is 9.98. The van der Waals surface area contributed by atoms with E-state index in [1.165, 1.54) is 32.4 Å². The van der Waals surface area contributed by atoms with Gasteiger partial charge >= 0.3 is 10.4 Å². The lowest BCUT2D eigenvalue weighted by Gasteiger charge is -2.41. The SMILES string of the molecule is COc1cc(C2Oc3cc(O)cc(O[C@@H]4O[C@@H](CO)[C@@H](O)[C@H](O)[C@H]4OS(=O)(=O)O)c3C=C2O[C@@H]2O[C@H](CO)[C@@H](O)[C@@H](O)[C@H]2O)cc(OC)c1O. The van der Waals surface area contributed by atoms with Crippen molar-refractivity contribution in [3.63, 3.8) is 0 Å². The third-order valence-corrected chi connectivity index (χ3v) is 8.55. The maximum Gasteiger partial charge on any atom is 0.397 e. The summed E-state index contributed by atoms with van der Waals surface area (Å²) in [6.07, 6.45) is -18.3. The number of aromatic hydroxyl groups is 2. The predicted octanol–water partition coefficient (Wildman–Crippen LogP) is -2.59. The highest BCUT2D eigenvalue weighted by Gasteiger charge is 2.49. The molecule has 2 aromatic rings. The molecule has 0 spiro atoms. The van der Waals surface area contributed by atoms with E-state index in [0.29, 0.717) is 0 Å². The zero-order valence-electron chi connectivity index (χ0n) is 26.1. The van der Waals surface area contributed by atoms with Gasteiger partial charge in [0.25, 0.3) is 0 Å². The predicted molar refractivity (Wildman–Crippen MR) is 160 cm³/mol. The molecule has 278 valence electrons. The third-order valence-electron chi connectivity index (χ3n) is 8.08. The highest BCUT2D eigenvalue weighted by atomic mass is 32.3. The Balaban J connectivity index is 1.61. The molecule has 2 aromatic carbocycles. The van der Waals surface area contributed by atoms with E-state index in [2.05, 4.69) is 4.18 Å². The van der Waals surface area contributed by atoms with Gasteiger partial charge in [-0.05, 0) is 18.2 Å². The molecule has 5 rings (SSSR count). The fourth-order valence-corrected chi connectivity index (χ4v) is 6.02. The number of hydrogen-bond acceptors (Lipinski definition) is 19. The van der Waals surface area contributed by atoms with Crippen molar-refractivity contribution >= 4 is 16.5 Å². The van der Waals surface area contributed by atoms with Gasteiger partial charge in [-0.3, -0.25) is 4.55 Å². The minimum absolute atomic E-state index is 0.0700. The molecule has 50 heavy (non-hydrogen) atoms. The second-order valence-electron chi connectivity index (χ2n) is 11.3. The molecule has 0 amide bonds. The standard InChI is InChI=1S/C29H36O20S/c1-42-15-3-10(4-16(43-2)20(15)33)26-17(46-28-25(38)23(36)21(34)18(8-30)47-28)7-12-13(44-26)5-11(32)6-14(12)45-29-27(49-50(39,40)41)24(37)22(35)19(9-31)48-29/h3-7,18-19,21-38H,8-9H2,1-2H3,(H,39,40,41)/t18-,19+,21-,22-,23-,24+,25-,26?,27-,28-,29-/m1/s1. The number of phenolic OH excluding ortho intramolecular Hbond substituents is 2. The van der Waals surface area contributed by atoms with Gasteiger partial charge in [0.15, 0.2) is 23.7 Å². The van der Waals surface area contributed by atoms with E-state index in [9.17, 15) is 58.9 Å². The number of methoxy groups -OCH3 is 2. The van der Waals surface area contributed by atoms with E-state index in [1.54, 1.807) is 0 Å². The van der Waals surface area contributed by atoms with Crippen LogP contribution >= 0.6 is 0 Å². The zero-order valence-corrected chi connectivity index (χ0v) is 26.9. The van der Waals surface area contributed by atoms with E-state index in [1.807, 2.05) is 0 Å². The highest BCUT2D eigenvalue weighted by molar-refractivity contribution is 7.80. The molecule has 0 saturated carbocycles. The molecule has 2 fully saturated rings. The number of phenols is 2. The summed E-state index contributed by atoms with van der Waals surface area (Å²) in [6.45, 7) is -1.66. The van der Waals surface area contributed by atoms with Gasteiger partial charge in [0, 0.05) is 17.7 Å². The monoisotopic (exact) mass is 736 g/mol. The molecule has 3 aliphatic rings. The normalized spacial score (nSPS) is 32.7. The average Bonchev–Trinajstić information content (AvgIpc) is 3.07. The summed E-state index contributed by atoms with van der Waals surface area (Å²) in [5, 5.41) is 92.7. The molecule has 10 N–H and O–H groups in total. The van der Waals surface area contributed by atoms with Crippen LogP contribution < -0.4 is 18.9 Å². The first-order valence-corrected chi connectivity index (χ1v) is 16.1. The van der Waals surface area contributed by atoms with Crippen molar-refractivity contribution in [2.75, 3.05) is 27.4 Å². The summed E-state index contributed by atoms with van der Waals surface area (Å²) in [5.41, 5.74) is 0.107. The summed E-state index contributed by atoms with van der Waals surface area (Å²) in [6, 6.07) is 4.81. The minimum atomic E-state index is -5.28. The number of aliphatic hydroxyl groups excluding tert-OH is 7.